The van der Waals surface area contributed by atoms with Gasteiger partial charge in [0.05, 0.1) is 25.6 Å². The van der Waals surface area contributed by atoms with Gasteiger partial charge in [-0.25, -0.2) is 0 Å². The number of carboxylic acids is 1. The van der Waals surface area contributed by atoms with Crippen LogP contribution in [-0.2, 0) is 20.7 Å². The number of ether oxygens (including phenoxy) is 2. The number of aliphatic carboxylic acids is 1. The summed E-state index contributed by atoms with van der Waals surface area (Å²) < 4.78 is 10.1. The van der Waals surface area contributed by atoms with Gasteiger partial charge in [0.25, 0.3) is 0 Å². The van der Waals surface area contributed by atoms with Gasteiger partial charge in [-0.1, -0.05) is 25.1 Å². The molecule has 0 aliphatic heterocycles. The van der Waals surface area contributed by atoms with Crippen molar-refractivity contribution in [2.24, 2.45) is 11.8 Å². The highest BCUT2D eigenvalue weighted by molar-refractivity contribution is 5.79. The van der Waals surface area contributed by atoms with Crippen molar-refractivity contribution in [2.45, 2.75) is 13.3 Å². The van der Waals surface area contributed by atoms with Gasteiger partial charge in [0.15, 0.2) is 0 Å². The van der Waals surface area contributed by atoms with E-state index in [1.165, 1.54) is 7.11 Å². The summed E-state index contributed by atoms with van der Waals surface area (Å²) in [7, 11) is 3.06. The zero-order valence-electron chi connectivity index (χ0n) is 13.2. The zero-order chi connectivity index (χ0) is 16.5. The highest BCUT2D eigenvalue weighted by atomic mass is 16.5. The normalized spacial score (nSPS) is 13.2. The van der Waals surface area contributed by atoms with E-state index in [4.69, 9.17) is 9.47 Å². The first-order chi connectivity index (χ1) is 10.5. The van der Waals surface area contributed by atoms with Gasteiger partial charge < -0.3 is 19.9 Å². The average Bonchev–Trinajstić information content (AvgIpc) is 2.51. The minimum atomic E-state index is -0.953. The topological polar surface area (TPSA) is 84.9 Å². The number of carbonyl (C=O) groups is 2. The molecule has 1 aromatic rings. The van der Waals surface area contributed by atoms with Crippen LogP contribution >= 0.6 is 0 Å². The van der Waals surface area contributed by atoms with Crippen molar-refractivity contribution in [3.8, 4) is 5.75 Å². The standard InChI is InChI=1S/C16H23NO5/c1-11(10-21-2)15(18)17-9-13(16(19)20)8-12-6-4-5-7-14(12)22-3/h4-7,11,13H,8-10H2,1-3H3,(H,17,18)(H,19,20). The minimum absolute atomic E-state index is 0.0697. The number of amides is 1. The third kappa shape index (κ3) is 5.37. The van der Waals surface area contributed by atoms with Crippen LogP contribution in [0.15, 0.2) is 24.3 Å². The summed E-state index contributed by atoms with van der Waals surface area (Å²) in [5, 5.41) is 12.0. The van der Waals surface area contributed by atoms with Crippen molar-refractivity contribution < 1.29 is 24.2 Å². The van der Waals surface area contributed by atoms with Crippen LogP contribution < -0.4 is 10.1 Å². The van der Waals surface area contributed by atoms with Crippen LogP contribution in [0.25, 0.3) is 0 Å². The summed E-state index contributed by atoms with van der Waals surface area (Å²) in [4.78, 5) is 23.2. The Morgan fingerprint density at radius 2 is 1.95 bits per heavy atom. The molecule has 6 nitrogen and oxygen atoms in total. The summed E-state index contributed by atoms with van der Waals surface area (Å²) in [6.07, 6.45) is 0.290. The average molecular weight is 309 g/mol. The molecule has 1 rings (SSSR count). The molecule has 0 saturated heterocycles. The number of para-hydroxylation sites is 1. The van der Waals surface area contributed by atoms with Crippen LogP contribution in [-0.4, -0.2) is 44.4 Å². The molecule has 0 fully saturated rings. The highest BCUT2D eigenvalue weighted by Crippen LogP contribution is 2.21. The Morgan fingerprint density at radius 1 is 1.27 bits per heavy atom. The maximum Gasteiger partial charge on any atom is 0.308 e. The van der Waals surface area contributed by atoms with Crippen LogP contribution in [0.5, 0.6) is 5.75 Å². The molecule has 0 aliphatic carbocycles. The Balaban J connectivity index is 2.67. The SMILES string of the molecule is COCC(C)C(=O)NCC(Cc1ccccc1OC)C(=O)O. The predicted molar refractivity (Wildman–Crippen MR) is 81.9 cm³/mol. The fourth-order valence-electron chi connectivity index (χ4n) is 2.11. The van der Waals surface area contributed by atoms with Crippen LogP contribution in [0.1, 0.15) is 12.5 Å². The zero-order valence-corrected chi connectivity index (χ0v) is 13.2. The number of hydrogen-bond acceptors (Lipinski definition) is 4. The van der Waals surface area contributed by atoms with Crippen LogP contribution in [0.4, 0.5) is 0 Å². The molecule has 0 spiro atoms. The van der Waals surface area contributed by atoms with E-state index in [1.807, 2.05) is 18.2 Å². The maximum absolute atomic E-state index is 11.8. The first kappa shape index (κ1) is 18.0. The lowest BCUT2D eigenvalue weighted by atomic mass is 9.98. The van der Waals surface area contributed by atoms with E-state index < -0.39 is 11.9 Å². The molecule has 0 aromatic heterocycles. The van der Waals surface area contributed by atoms with Crippen molar-refractivity contribution in [3.05, 3.63) is 29.8 Å². The molecule has 0 radical (unpaired) electrons. The van der Waals surface area contributed by atoms with E-state index >= 15 is 0 Å². The molecule has 22 heavy (non-hydrogen) atoms. The van der Waals surface area contributed by atoms with Gasteiger partial charge in [0.1, 0.15) is 5.75 Å². The Labute approximate surface area is 130 Å². The molecule has 122 valence electrons. The summed E-state index contributed by atoms with van der Waals surface area (Å²) in [6.45, 7) is 2.10. The van der Waals surface area contributed by atoms with Gasteiger partial charge in [-0.15, -0.1) is 0 Å². The second-order valence-corrected chi connectivity index (χ2v) is 5.15. The summed E-state index contributed by atoms with van der Waals surface area (Å²) in [5.41, 5.74) is 0.802. The first-order valence-corrected chi connectivity index (χ1v) is 7.11. The largest absolute Gasteiger partial charge is 0.496 e. The highest BCUT2D eigenvalue weighted by Gasteiger charge is 2.22. The fourth-order valence-corrected chi connectivity index (χ4v) is 2.11. The minimum Gasteiger partial charge on any atom is -0.496 e. The number of methoxy groups -OCH3 is 2. The number of hydrogen-bond donors (Lipinski definition) is 2. The van der Waals surface area contributed by atoms with Gasteiger partial charge >= 0.3 is 5.97 Å². The molecule has 0 heterocycles. The first-order valence-electron chi connectivity index (χ1n) is 7.11. The lowest BCUT2D eigenvalue weighted by molar-refractivity contribution is -0.141. The third-order valence-corrected chi connectivity index (χ3v) is 3.40. The number of carboxylic acid groups (broad SMARTS) is 1. The number of carbonyl (C=O) groups excluding carboxylic acids is 1. The summed E-state index contributed by atoms with van der Waals surface area (Å²) in [5.74, 6) is -1.55. The summed E-state index contributed by atoms with van der Waals surface area (Å²) >= 11 is 0. The van der Waals surface area contributed by atoms with E-state index in [-0.39, 0.29) is 24.8 Å². The van der Waals surface area contributed by atoms with Gasteiger partial charge in [-0.05, 0) is 18.1 Å². The molecule has 6 heteroatoms. The molecule has 0 bridgehead atoms. The molecule has 2 unspecified atom stereocenters. The fraction of sp³-hybridized carbons (Fsp3) is 0.500. The lowest BCUT2D eigenvalue weighted by Crippen LogP contribution is -2.38. The molecule has 2 atom stereocenters. The van der Waals surface area contributed by atoms with Crippen molar-refractivity contribution in [2.75, 3.05) is 27.4 Å². The Kier molecular flexibility index (Phi) is 7.39. The third-order valence-electron chi connectivity index (χ3n) is 3.40. The number of rotatable bonds is 9. The Hall–Kier alpha value is -2.08. The molecule has 1 aromatic carbocycles. The van der Waals surface area contributed by atoms with E-state index in [0.717, 1.165) is 5.56 Å². The molecule has 2 N–H and O–H groups in total. The van der Waals surface area contributed by atoms with Gasteiger partial charge in [0.2, 0.25) is 5.91 Å². The predicted octanol–water partition coefficient (Wildman–Crippen LogP) is 1.34. The van der Waals surface area contributed by atoms with E-state index in [9.17, 15) is 14.7 Å². The molecule has 0 aliphatic rings. The molecule has 1 amide bonds. The smallest absolute Gasteiger partial charge is 0.308 e. The monoisotopic (exact) mass is 309 g/mol. The van der Waals surface area contributed by atoms with Crippen molar-refractivity contribution >= 4 is 11.9 Å². The molecule has 0 saturated carbocycles. The molecular weight excluding hydrogens is 286 g/mol. The second-order valence-electron chi connectivity index (χ2n) is 5.15. The van der Waals surface area contributed by atoms with Gasteiger partial charge in [0, 0.05) is 13.7 Å². The van der Waals surface area contributed by atoms with Crippen LogP contribution in [0.2, 0.25) is 0 Å². The van der Waals surface area contributed by atoms with Crippen molar-refractivity contribution in [3.63, 3.8) is 0 Å². The van der Waals surface area contributed by atoms with Crippen LogP contribution in [0, 0.1) is 11.8 Å². The quantitative estimate of drug-likeness (QED) is 0.719. The number of benzene rings is 1. The van der Waals surface area contributed by atoms with Gasteiger partial charge in [-0.2, -0.15) is 0 Å². The summed E-state index contributed by atoms with van der Waals surface area (Å²) in [6, 6.07) is 7.26. The Morgan fingerprint density at radius 3 is 2.55 bits per heavy atom. The van der Waals surface area contributed by atoms with Crippen molar-refractivity contribution in [1.82, 2.24) is 5.32 Å². The molecular formula is C16H23NO5. The maximum atomic E-state index is 11.8. The van der Waals surface area contributed by atoms with Gasteiger partial charge in [-0.3, -0.25) is 9.59 Å². The Bertz CT molecular complexity index is 503. The van der Waals surface area contributed by atoms with E-state index in [1.54, 1.807) is 20.1 Å². The van der Waals surface area contributed by atoms with E-state index in [0.29, 0.717) is 12.4 Å². The van der Waals surface area contributed by atoms with E-state index in [2.05, 4.69) is 5.32 Å². The second kappa shape index (κ2) is 9.04. The van der Waals surface area contributed by atoms with Crippen LogP contribution in [0.3, 0.4) is 0 Å². The lowest BCUT2D eigenvalue weighted by Gasteiger charge is -2.17. The number of nitrogens with one attached hydrogen (secondary N) is 1. The van der Waals surface area contributed by atoms with Crippen molar-refractivity contribution in [1.29, 1.82) is 0 Å².